The van der Waals surface area contributed by atoms with Gasteiger partial charge in [0.2, 0.25) is 5.91 Å². The Morgan fingerprint density at radius 2 is 2.15 bits per heavy atom. The van der Waals surface area contributed by atoms with Gasteiger partial charge in [0, 0.05) is 13.6 Å². The van der Waals surface area contributed by atoms with Crippen molar-refractivity contribution < 1.29 is 9.59 Å². The zero-order chi connectivity index (χ0) is 15.0. The van der Waals surface area contributed by atoms with Gasteiger partial charge >= 0.3 is 6.03 Å². The standard InChI is InChI=1S/C14H28N4O2/c1-4-7-16-9-12-6-5-8-18(10-12)11(2)13(19)17-14(20)15-3/h11-12,16H,4-10H2,1-3H3,(H2,15,17,19,20). The van der Waals surface area contributed by atoms with Crippen LogP contribution < -0.4 is 16.0 Å². The molecular weight excluding hydrogens is 256 g/mol. The third-order valence-corrected chi connectivity index (χ3v) is 3.80. The molecule has 2 unspecified atom stereocenters. The minimum atomic E-state index is -0.444. The maximum atomic E-state index is 11.9. The molecule has 3 amide bonds. The van der Waals surface area contributed by atoms with Gasteiger partial charge in [-0.25, -0.2) is 4.79 Å². The fourth-order valence-corrected chi connectivity index (χ4v) is 2.54. The first kappa shape index (κ1) is 16.9. The first-order valence-electron chi connectivity index (χ1n) is 7.55. The third kappa shape index (κ3) is 5.46. The van der Waals surface area contributed by atoms with E-state index in [2.05, 4.69) is 27.8 Å². The number of nitrogens with one attached hydrogen (secondary N) is 3. The van der Waals surface area contributed by atoms with Gasteiger partial charge in [0.15, 0.2) is 0 Å². The number of carbonyl (C=O) groups excluding carboxylic acids is 2. The SMILES string of the molecule is CCCNCC1CCCN(C(C)C(=O)NC(=O)NC)C1. The summed E-state index contributed by atoms with van der Waals surface area (Å²) < 4.78 is 0. The van der Waals surface area contributed by atoms with Crippen LogP contribution in [0.2, 0.25) is 0 Å². The molecule has 1 aliphatic rings. The largest absolute Gasteiger partial charge is 0.341 e. The molecule has 3 N–H and O–H groups in total. The molecule has 6 nitrogen and oxygen atoms in total. The van der Waals surface area contributed by atoms with Gasteiger partial charge in [-0.15, -0.1) is 0 Å². The van der Waals surface area contributed by atoms with Crippen molar-refractivity contribution in [3.63, 3.8) is 0 Å². The minimum absolute atomic E-state index is 0.230. The molecule has 0 spiro atoms. The van der Waals surface area contributed by atoms with E-state index in [0.717, 1.165) is 39.0 Å². The number of nitrogens with zero attached hydrogens (tertiary/aromatic N) is 1. The lowest BCUT2D eigenvalue weighted by atomic mass is 9.96. The molecule has 1 rings (SSSR count). The second-order valence-corrected chi connectivity index (χ2v) is 5.45. The van der Waals surface area contributed by atoms with Crippen molar-refractivity contribution in [1.82, 2.24) is 20.9 Å². The van der Waals surface area contributed by atoms with E-state index in [1.165, 1.54) is 13.5 Å². The number of carbonyl (C=O) groups is 2. The molecule has 2 atom stereocenters. The lowest BCUT2D eigenvalue weighted by molar-refractivity contribution is -0.125. The quantitative estimate of drug-likeness (QED) is 0.623. The molecule has 0 aromatic heterocycles. The summed E-state index contributed by atoms with van der Waals surface area (Å²) in [6.07, 6.45) is 3.45. The minimum Gasteiger partial charge on any atom is -0.341 e. The molecule has 0 saturated carbocycles. The zero-order valence-corrected chi connectivity index (χ0v) is 12.9. The first-order chi connectivity index (χ1) is 9.58. The van der Waals surface area contributed by atoms with Crippen LogP contribution in [0.3, 0.4) is 0 Å². The van der Waals surface area contributed by atoms with Crippen molar-refractivity contribution in [3.05, 3.63) is 0 Å². The topological polar surface area (TPSA) is 73.5 Å². The monoisotopic (exact) mass is 284 g/mol. The van der Waals surface area contributed by atoms with Crippen LogP contribution in [0.1, 0.15) is 33.1 Å². The highest BCUT2D eigenvalue weighted by molar-refractivity contribution is 5.96. The smallest absolute Gasteiger partial charge is 0.321 e. The van der Waals surface area contributed by atoms with Crippen molar-refractivity contribution >= 4 is 11.9 Å². The number of hydrogen-bond acceptors (Lipinski definition) is 4. The van der Waals surface area contributed by atoms with Crippen LogP contribution in [0.15, 0.2) is 0 Å². The first-order valence-corrected chi connectivity index (χ1v) is 7.55. The Hall–Kier alpha value is -1.14. The highest BCUT2D eigenvalue weighted by atomic mass is 16.2. The van der Waals surface area contributed by atoms with E-state index < -0.39 is 6.03 Å². The summed E-state index contributed by atoms with van der Waals surface area (Å²) in [6.45, 7) is 7.91. The third-order valence-electron chi connectivity index (χ3n) is 3.80. The van der Waals surface area contributed by atoms with E-state index in [-0.39, 0.29) is 11.9 Å². The van der Waals surface area contributed by atoms with Crippen molar-refractivity contribution in [2.45, 2.75) is 39.2 Å². The number of likely N-dealkylation sites (tertiary alicyclic amines) is 1. The summed E-state index contributed by atoms with van der Waals surface area (Å²) in [6, 6.07) is -0.707. The molecule has 1 saturated heterocycles. The van der Waals surface area contributed by atoms with Crippen molar-refractivity contribution in [3.8, 4) is 0 Å². The van der Waals surface area contributed by atoms with Gasteiger partial charge in [-0.05, 0) is 51.7 Å². The van der Waals surface area contributed by atoms with Crippen LogP contribution >= 0.6 is 0 Å². The van der Waals surface area contributed by atoms with E-state index in [1.807, 2.05) is 6.92 Å². The van der Waals surface area contributed by atoms with Crippen LogP contribution in [0, 0.1) is 5.92 Å². The molecule has 0 aromatic carbocycles. The van der Waals surface area contributed by atoms with Gasteiger partial charge in [0.05, 0.1) is 6.04 Å². The molecule has 0 aliphatic carbocycles. The van der Waals surface area contributed by atoms with Gasteiger partial charge in [-0.1, -0.05) is 6.92 Å². The summed E-state index contributed by atoms with van der Waals surface area (Å²) >= 11 is 0. The normalized spacial score (nSPS) is 21.2. The van der Waals surface area contributed by atoms with Gasteiger partial charge < -0.3 is 10.6 Å². The van der Waals surface area contributed by atoms with E-state index in [4.69, 9.17) is 0 Å². The van der Waals surface area contributed by atoms with Crippen LogP contribution in [-0.4, -0.2) is 56.1 Å². The average molecular weight is 284 g/mol. The van der Waals surface area contributed by atoms with Gasteiger partial charge in [0.1, 0.15) is 0 Å². The van der Waals surface area contributed by atoms with Crippen LogP contribution in [0.25, 0.3) is 0 Å². The Labute approximate surface area is 121 Å². The van der Waals surface area contributed by atoms with E-state index in [9.17, 15) is 9.59 Å². The second-order valence-electron chi connectivity index (χ2n) is 5.45. The van der Waals surface area contributed by atoms with Gasteiger partial charge in [0.25, 0.3) is 0 Å². The van der Waals surface area contributed by atoms with E-state index >= 15 is 0 Å². The summed E-state index contributed by atoms with van der Waals surface area (Å²) in [5, 5.41) is 8.19. The Morgan fingerprint density at radius 1 is 1.40 bits per heavy atom. The van der Waals surface area contributed by atoms with Crippen LogP contribution in [0.4, 0.5) is 4.79 Å². The van der Waals surface area contributed by atoms with Gasteiger partial charge in [-0.3, -0.25) is 15.0 Å². The number of rotatable bonds is 6. The van der Waals surface area contributed by atoms with Crippen molar-refractivity contribution in [2.75, 3.05) is 33.2 Å². The molecular formula is C14H28N4O2. The molecule has 1 heterocycles. The highest BCUT2D eigenvalue weighted by Crippen LogP contribution is 2.18. The molecule has 0 bridgehead atoms. The Balaban J connectivity index is 2.40. The maximum absolute atomic E-state index is 11.9. The molecule has 0 aromatic rings. The second kappa shape index (κ2) is 8.92. The number of urea groups is 1. The highest BCUT2D eigenvalue weighted by Gasteiger charge is 2.27. The average Bonchev–Trinajstić information content (AvgIpc) is 2.46. The summed E-state index contributed by atoms with van der Waals surface area (Å²) in [5.74, 6) is 0.358. The zero-order valence-electron chi connectivity index (χ0n) is 12.9. The van der Waals surface area contributed by atoms with Crippen LogP contribution in [-0.2, 0) is 4.79 Å². The summed E-state index contributed by atoms with van der Waals surface area (Å²) in [7, 11) is 1.50. The number of amides is 3. The van der Waals surface area contributed by atoms with Crippen molar-refractivity contribution in [1.29, 1.82) is 0 Å². The maximum Gasteiger partial charge on any atom is 0.321 e. The lowest BCUT2D eigenvalue weighted by Gasteiger charge is -2.36. The molecule has 116 valence electrons. The number of piperidine rings is 1. The Morgan fingerprint density at radius 3 is 2.80 bits per heavy atom. The van der Waals surface area contributed by atoms with Crippen LogP contribution in [0.5, 0.6) is 0 Å². The lowest BCUT2D eigenvalue weighted by Crippen LogP contribution is -2.52. The fourth-order valence-electron chi connectivity index (χ4n) is 2.54. The summed E-state index contributed by atoms with van der Waals surface area (Å²) in [4.78, 5) is 25.3. The number of hydrogen-bond donors (Lipinski definition) is 3. The molecule has 0 radical (unpaired) electrons. The Kier molecular flexibility index (Phi) is 7.54. The van der Waals surface area contributed by atoms with Crippen molar-refractivity contribution in [2.24, 2.45) is 5.92 Å². The van der Waals surface area contributed by atoms with E-state index in [1.54, 1.807) is 0 Å². The predicted octanol–water partition coefficient (Wildman–Crippen LogP) is 0.542. The molecule has 1 fully saturated rings. The number of imide groups is 1. The van der Waals surface area contributed by atoms with Gasteiger partial charge in [-0.2, -0.15) is 0 Å². The molecule has 20 heavy (non-hydrogen) atoms. The Bertz CT molecular complexity index is 322. The molecule has 6 heteroatoms. The van der Waals surface area contributed by atoms with E-state index in [0.29, 0.717) is 5.92 Å². The summed E-state index contributed by atoms with van der Waals surface area (Å²) in [5.41, 5.74) is 0. The fraction of sp³-hybridized carbons (Fsp3) is 0.857. The predicted molar refractivity (Wildman–Crippen MR) is 79.5 cm³/mol. The molecule has 1 aliphatic heterocycles.